The third-order valence-corrected chi connectivity index (χ3v) is 2.82. The SMILES string of the molecule is CC1CCN(CCOC(C)(C)C)CC1. The van der Waals surface area contributed by atoms with Crippen molar-refractivity contribution in [3.8, 4) is 0 Å². The van der Waals surface area contributed by atoms with Crippen LogP contribution in [0.25, 0.3) is 0 Å². The first kappa shape index (κ1) is 12.0. The lowest BCUT2D eigenvalue weighted by Crippen LogP contribution is -2.36. The third-order valence-electron chi connectivity index (χ3n) is 2.82. The number of hydrogen-bond acceptors (Lipinski definition) is 2. The van der Waals surface area contributed by atoms with Crippen molar-refractivity contribution in [2.24, 2.45) is 5.92 Å². The van der Waals surface area contributed by atoms with E-state index in [0.717, 1.165) is 19.1 Å². The molecule has 0 spiro atoms. The van der Waals surface area contributed by atoms with Gasteiger partial charge < -0.3 is 9.64 Å². The van der Waals surface area contributed by atoms with Gasteiger partial charge in [0.25, 0.3) is 0 Å². The number of nitrogens with zero attached hydrogens (tertiary/aromatic N) is 1. The second-order valence-corrected chi connectivity index (χ2v) is 5.48. The van der Waals surface area contributed by atoms with Crippen LogP contribution in [-0.4, -0.2) is 36.7 Å². The van der Waals surface area contributed by atoms with Crippen molar-refractivity contribution in [2.45, 2.75) is 46.1 Å². The Labute approximate surface area is 88.6 Å². The van der Waals surface area contributed by atoms with Crippen LogP contribution in [0.15, 0.2) is 0 Å². The summed E-state index contributed by atoms with van der Waals surface area (Å²) in [6, 6.07) is 0. The molecule has 1 aliphatic heterocycles. The topological polar surface area (TPSA) is 12.5 Å². The monoisotopic (exact) mass is 199 g/mol. The summed E-state index contributed by atoms with van der Waals surface area (Å²) in [6.45, 7) is 13.2. The van der Waals surface area contributed by atoms with Gasteiger partial charge in [-0.25, -0.2) is 0 Å². The molecule has 1 fully saturated rings. The highest BCUT2D eigenvalue weighted by molar-refractivity contribution is 4.69. The molecule has 1 rings (SSSR count). The molecule has 1 aliphatic rings. The van der Waals surface area contributed by atoms with Gasteiger partial charge in [-0.15, -0.1) is 0 Å². The molecule has 0 aliphatic carbocycles. The zero-order valence-electron chi connectivity index (χ0n) is 10.2. The van der Waals surface area contributed by atoms with E-state index in [1.54, 1.807) is 0 Å². The quantitative estimate of drug-likeness (QED) is 0.692. The highest BCUT2D eigenvalue weighted by Crippen LogP contribution is 2.15. The van der Waals surface area contributed by atoms with Crippen molar-refractivity contribution in [3.63, 3.8) is 0 Å². The largest absolute Gasteiger partial charge is 0.375 e. The molecule has 1 saturated heterocycles. The van der Waals surface area contributed by atoms with Crippen molar-refractivity contribution in [1.82, 2.24) is 4.90 Å². The zero-order chi connectivity index (χ0) is 10.6. The minimum Gasteiger partial charge on any atom is -0.375 e. The van der Waals surface area contributed by atoms with E-state index in [1.807, 2.05) is 0 Å². The van der Waals surface area contributed by atoms with Gasteiger partial charge in [0.2, 0.25) is 0 Å². The van der Waals surface area contributed by atoms with Crippen LogP contribution in [0.5, 0.6) is 0 Å². The van der Waals surface area contributed by atoms with Crippen LogP contribution >= 0.6 is 0 Å². The van der Waals surface area contributed by atoms with E-state index >= 15 is 0 Å². The number of piperidine rings is 1. The molecule has 2 heteroatoms. The Morgan fingerprint density at radius 1 is 1.21 bits per heavy atom. The predicted molar refractivity (Wildman–Crippen MR) is 60.5 cm³/mol. The average molecular weight is 199 g/mol. The molecule has 0 unspecified atom stereocenters. The second kappa shape index (κ2) is 5.13. The number of rotatable bonds is 3. The van der Waals surface area contributed by atoms with Crippen molar-refractivity contribution >= 4 is 0 Å². The lowest BCUT2D eigenvalue weighted by molar-refractivity contribution is -0.0159. The van der Waals surface area contributed by atoms with Crippen molar-refractivity contribution < 1.29 is 4.74 Å². The van der Waals surface area contributed by atoms with Crippen molar-refractivity contribution in [1.29, 1.82) is 0 Å². The van der Waals surface area contributed by atoms with Crippen LogP contribution in [0.4, 0.5) is 0 Å². The minimum absolute atomic E-state index is 0.0169. The summed E-state index contributed by atoms with van der Waals surface area (Å²) in [5.41, 5.74) is 0.0169. The summed E-state index contributed by atoms with van der Waals surface area (Å²) in [5.74, 6) is 0.926. The van der Waals surface area contributed by atoms with Gasteiger partial charge in [-0.1, -0.05) is 6.92 Å². The molecule has 0 saturated carbocycles. The molecule has 0 amide bonds. The molecule has 0 atom stereocenters. The van der Waals surface area contributed by atoms with E-state index < -0.39 is 0 Å². The van der Waals surface area contributed by atoms with Gasteiger partial charge in [-0.05, 0) is 52.6 Å². The van der Waals surface area contributed by atoms with Gasteiger partial charge >= 0.3 is 0 Å². The van der Waals surface area contributed by atoms with Crippen LogP contribution in [0, 0.1) is 5.92 Å². The molecule has 1 heterocycles. The van der Waals surface area contributed by atoms with E-state index in [0.29, 0.717) is 0 Å². The third kappa shape index (κ3) is 4.97. The van der Waals surface area contributed by atoms with E-state index in [2.05, 4.69) is 32.6 Å². The van der Waals surface area contributed by atoms with E-state index in [-0.39, 0.29) is 5.60 Å². The molecule has 2 nitrogen and oxygen atoms in total. The Morgan fingerprint density at radius 3 is 2.29 bits per heavy atom. The second-order valence-electron chi connectivity index (χ2n) is 5.48. The summed E-state index contributed by atoms with van der Waals surface area (Å²) in [4.78, 5) is 2.52. The Morgan fingerprint density at radius 2 is 1.79 bits per heavy atom. The lowest BCUT2D eigenvalue weighted by Gasteiger charge is -2.31. The Balaban J connectivity index is 2.08. The van der Waals surface area contributed by atoms with Crippen molar-refractivity contribution in [2.75, 3.05) is 26.2 Å². The molecular formula is C12H25NO. The lowest BCUT2D eigenvalue weighted by atomic mass is 9.99. The van der Waals surface area contributed by atoms with Gasteiger partial charge in [-0.2, -0.15) is 0 Å². The number of ether oxygens (including phenoxy) is 1. The molecule has 0 aromatic heterocycles. The normalized spacial score (nSPS) is 21.4. The van der Waals surface area contributed by atoms with Crippen LogP contribution in [0.2, 0.25) is 0 Å². The molecule has 0 aromatic carbocycles. The van der Waals surface area contributed by atoms with Gasteiger partial charge in [-0.3, -0.25) is 0 Å². The molecule has 0 N–H and O–H groups in total. The van der Waals surface area contributed by atoms with Crippen LogP contribution in [-0.2, 0) is 4.74 Å². The molecule has 0 radical (unpaired) electrons. The van der Waals surface area contributed by atoms with Crippen LogP contribution in [0.1, 0.15) is 40.5 Å². The summed E-state index contributed by atoms with van der Waals surface area (Å²) in [7, 11) is 0. The minimum atomic E-state index is 0.0169. The average Bonchev–Trinajstić information content (AvgIpc) is 2.06. The smallest absolute Gasteiger partial charge is 0.0600 e. The molecule has 0 aromatic rings. The summed E-state index contributed by atoms with van der Waals surface area (Å²) in [5, 5.41) is 0. The molecule has 84 valence electrons. The fourth-order valence-electron chi connectivity index (χ4n) is 1.77. The highest BCUT2D eigenvalue weighted by Gasteiger charge is 2.16. The van der Waals surface area contributed by atoms with Gasteiger partial charge in [0.15, 0.2) is 0 Å². The first-order valence-electron chi connectivity index (χ1n) is 5.84. The van der Waals surface area contributed by atoms with Gasteiger partial charge in [0.05, 0.1) is 12.2 Å². The maximum absolute atomic E-state index is 5.72. The summed E-state index contributed by atoms with van der Waals surface area (Å²) in [6.07, 6.45) is 2.71. The molecule has 14 heavy (non-hydrogen) atoms. The van der Waals surface area contributed by atoms with E-state index in [4.69, 9.17) is 4.74 Å². The number of likely N-dealkylation sites (tertiary alicyclic amines) is 1. The summed E-state index contributed by atoms with van der Waals surface area (Å²) < 4.78 is 5.72. The fourth-order valence-corrected chi connectivity index (χ4v) is 1.77. The Kier molecular flexibility index (Phi) is 4.39. The first-order valence-corrected chi connectivity index (χ1v) is 5.84. The zero-order valence-corrected chi connectivity index (χ0v) is 10.2. The fraction of sp³-hybridized carbons (Fsp3) is 1.00. The van der Waals surface area contributed by atoms with Gasteiger partial charge in [0, 0.05) is 6.54 Å². The van der Waals surface area contributed by atoms with E-state index in [9.17, 15) is 0 Å². The Bertz CT molecular complexity index is 154. The first-order chi connectivity index (χ1) is 6.47. The maximum Gasteiger partial charge on any atom is 0.0600 e. The summed E-state index contributed by atoms with van der Waals surface area (Å²) >= 11 is 0. The van der Waals surface area contributed by atoms with Gasteiger partial charge in [0.1, 0.15) is 0 Å². The Hall–Kier alpha value is -0.0800. The van der Waals surface area contributed by atoms with E-state index in [1.165, 1.54) is 25.9 Å². The van der Waals surface area contributed by atoms with Crippen molar-refractivity contribution in [3.05, 3.63) is 0 Å². The predicted octanol–water partition coefficient (Wildman–Crippen LogP) is 2.53. The van der Waals surface area contributed by atoms with Crippen LogP contribution < -0.4 is 0 Å². The maximum atomic E-state index is 5.72. The molecule has 0 bridgehead atoms. The highest BCUT2D eigenvalue weighted by atomic mass is 16.5. The molecular weight excluding hydrogens is 174 g/mol. The van der Waals surface area contributed by atoms with Crippen LogP contribution in [0.3, 0.4) is 0 Å². The standard InChI is InChI=1S/C12H25NO/c1-11-5-7-13(8-6-11)9-10-14-12(2,3)4/h11H,5-10H2,1-4H3. The number of hydrogen-bond donors (Lipinski definition) is 0.